The summed E-state index contributed by atoms with van der Waals surface area (Å²) in [5, 5.41) is 9.85. The number of thiocyanates is 1. The van der Waals surface area contributed by atoms with Gasteiger partial charge in [0, 0.05) is 5.75 Å². The van der Waals surface area contributed by atoms with Crippen LogP contribution in [0.2, 0.25) is 0 Å². The van der Waals surface area contributed by atoms with Crippen LogP contribution in [0.3, 0.4) is 0 Å². The number of nitrogens with zero attached hydrogens (tertiary/aromatic N) is 1. The van der Waals surface area contributed by atoms with Gasteiger partial charge in [0.2, 0.25) is 0 Å². The second-order valence-corrected chi connectivity index (χ2v) is 4.25. The normalized spacial score (nSPS) is 10.9. The average molecular weight is 195 g/mol. The first-order valence-electron chi connectivity index (χ1n) is 3.00. The van der Waals surface area contributed by atoms with Gasteiger partial charge in [-0.25, -0.2) is 0 Å². The van der Waals surface area contributed by atoms with E-state index in [1.165, 1.54) is 0 Å². The van der Waals surface area contributed by atoms with Crippen molar-refractivity contribution in [1.29, 1.82) is 5.26 Å². The van der Waals surface area contributed by atoms with Crippen molar-refractivity contribution in [3.8, 4) is 5.40 Å². The highest BCUT2D eigenvalue weighted by Crippen LogP contribution is 2.00. The highest BCUT2D eigenvalue weighted by molar-refractivity contribution is 8.04. The first-order chi connectivity index (χ1) is 5.12. The molecule has 0 aromatic rings. The minimum absolute atomic E-state index is 0.0981. The lowest BCUT2D eigenvalue weighted by atomic mass is 10.9. The Hall–Kier alpha value is -0.250. The molecule has 0 aliphatic carbocycles. The molecule has 6 heteroatoms. The molecular formula is C5H9NO3S2. The Balaban J connectivity index is 3.67. The van der Waals surface area contributed by atoms with Crippen LogP contribution in [0, 0.1) is 10.7 Å². The molecule has 0 unspecified atom stereocenters. The second-order valence-electron chi connectivity index (χ2n) is 1.61. The van der Waals surface area contributed by atoms with Gasteiger partial charge in [0.1, 0.15) is 5.40 Å². The van der Waals surface area contributed by atoms with E-state index in [1.807, 2.05) is 0 Å². The molecule has 0 radical (unpaired) electrons. The van der Waals surface area contributed by atoms with Crippen LogP contribution in [-0.2, 0) is 14.3 Å². The number of thioether (sulfide) groups is 1. The first-order valence-corrected chi connectivity index (χ1v) is 5.56. The maximum atomic E-state index is 10.8. The van der Waals surface area contributed by atoms with Crippen molar-refractivity contribution in [2.75, 3.05) is 18.1 Å². The van der Waals surface area contributed by atoms with Crippen molar-refractivity contribution in [3.05, 3.63) is 0 Å². The van der Waals surface area contributed by atoms with E-state index in [-0.39, 0.29) is 18.1 Å². The van der Waals surface area contributed by atoms with Crippen LogP contribution in [0.4, 0.5) is 0 Å². The van der Waals surface area contributed by atoms with Gasteiger partial charge < -0.3 is 0 Å². The highest BCUT2D eigenvalue weighted by Gasteiger charge is 2.08. The molecule has 0 amide bonds. The quantitative estimate of drug-likeness (QED) is 0.364. The fourth-order valence-electron chi connectivity index (χ4n) is 0.428. The molecule has 0 aromatic carbocycles. The van der Waals surface area contributed by atoms with E-state index in [0.717, 1.165) is 11.8 Å². The second kappa shape index (κ2) is 5.41. The van der Waals surface area contributed by atoms with Gasteiger partial charge >= 0.3 is 0 Å². The van der Waals surface area contributed by atoms with Crippen molar-refractivity contribution in [3.63, 3.8) is 0 Å². The molecule has 0 fully saturated rings. The summed E-state index contributed by atoms with van der Waals surface area (Å²) in [7, 11) is -3.38. The van der Waals surface area contributed by atoms with Gasteiger partial charge in [-0.2, -0.15) is 13.7 Å². The maximum Gasteiger partial charge on any atom is 0.268 e. The molecule has 0 aliphatic heterocycles. The van der Waals surface area contributed by atoms with Gasteiger partial charge in [-0.1, -0.05) is 0 Å². The van der Waals surface area contributed by atoms with Crippen LogP contribution in [0.25, 0.3) is 0 Å². The van der Waals surface area contributed by atoms with E-state index < -0.39 is 10.1 Å². The number of hydrogen-bond donors (Lipinski definition) is 0. The van der Waals surface area contributed by atoms with Gasteiger partial charge in [0.25, 0.3) is 10.1 Å². The lowest BCUT2D eigenvalue weighted by molar-refractivity contribution is 0.339. The Morgan fingerprint density at radius 2 is 2.27 bits per heavy atom. The summed E-state index contributed by atoms with van der Waals surface area (Å²) >= 11 is 0.907. The predicted molar refractivity (Wildman–Crippen MR) is 43.5 cm³/mol. The Morgan fingerprint density at radius 3 is 2.73 bits per heavy atom. The third kappa shape index (κ3) is 6.16. The van der Waals surface area contributed by atoms with Crippen LogP contribution in [-0.4, -0.2) is 26.5 Å². The van der Waals surface area contributed by atoms with Gasteiger partial charge in [0.05, 0.1) is 12.4 Å². The molecule has 0 bridgehead atoms. The molecule has 0 saturated carbocycles. The van der Waals surface area contributed by atoms with Crippen molar-refractivity contribution in [1.82, 2.24) is 0 Å². The highest BCUT2D eigenvalue weighted by atomic mass is 32.2. The molecule has 0 saturated heterocycles. The Kier molecular flexibility index (Phi) is 5.28. The Morgan fingerprint density at radius 1 is 1.64 bits per heavy atom. The summed E-state index contributed by atoms with van der Waals surface area (Å²) < 4.78 is 25.9. The minimum atomic E-state index is -3.38. The van der Waals surface area contributed by atoms with E-state index in [4.69, 9.17) is 5.26 Å². The topological polar surface area (TPSA) is 67.2 Å². The van der Waals surface area contributed by atoms with Crippen LogP contribution in [0.1, 0.15) is 6.92 Å². The van der Waals surface area contributed by atoms with Gasteiger partial charge in [-0.15, -0.1) is 0 Å². The summed E-state index contributed by atoms with van der Waals surface area (Å²) in [4.78, 5) is 0. The van der Waals surface area contributed by atoms with Crippen molar-refractivity contribution < 1.29 is 12.6 Å². The average Bonchev–Trinajstić information content (AvgIpc) is 1.87. The van der Waals surface area contributed by atoms with Gasteiger partial charge in [0.15, 0.2) is 0 Å². The smallest absolute Gasteiger partial charge is 0.268 e. The number of nitriles is 1. The Bertz CT molecular complexity index is 229. The summed E-state index contributed by atoms with van der Waals surface area (Å²) in [6.07, 6.45) is 0. The summed E-state index contributed by atoms with van der Waals surface area (Å²) in [6, 6.07) is 0. The zero-order valence-corrected chi connectivity index (χ0v) is 7.74. The maximum absolute atomic E-state index is 10.8. The molecule has 11 heavy (non-hydrogen) atoms. The van der Waals surface area contributed by atoms with Gasteiger partial charge in [-0.3, -0.25) is 4.18 Å². The largest absolute Gasteiger partial charge is 0.270 e. The third-order valence-corrected chi connectivity index (χ3v) is 2.89. The molecule has 0 N–H and O–H groups in total. The van der Waals surface area contributed by atoms with E-state index >= 15 is 0 Å². The SMILES string of the molecule is CCOS(=O)(=O)CCSC#N. The lowest BCUT2D eigenvalue weighted by Gasteiger charge is -1.99. The molecule has 0 atom stereocenters. The van der Waals surface area contributed by atoms with Crippen LogP contribution >= 0.6 is 11.8 Å². The van der Waals surface area contributed by atoms with Gasteiger partial charge in [-0.05, 0) is 18.7 Å². The molecule has 0 rings (SSSR count). The predicted octanol–water partition coefficient (Wildman–Crippen LogP) is 0.567. The van der Waals surface area contributed by atoms with E-state index in [1.54, 1.807) is 12.3 Å². The lowest BCUT2D eigenvalue weighted by Crippen LogP contribution is -2.11. The van der Waals surface area contributed by atoms with Crippen molar-refractivity contribution in [2.45, 2.75) is 6.92 Å². The summed E-state index contributed by atoms with van der Waals surface area (Å²) in [6.45, 7) is 1.76. The van der Waals surface area contributed by atoms with Crippen LogP contribution < -0.4 is 0 Å². The summed E-state index contributed by atoms with van der Waals surface area (Å²) in [5.41, 5.74) is 0. The van der Waals surface area contributed by atoms with Crippen molar-refractivity contribution >= 4 is 21.9 Å². The number of hydrogen-bond acceptors (Lipinski definition) is 5. The van der Waals surface area contributed by atoms with E-state index in [9.17, 15) is 8.42 Å². The monoisotopic (exact) mass is 195 g/mol. The molecule has 64 valence electrons. The third-order valence-electron chi connectivity index (χ3n) is 0.797. The summed E-state index contributed by atoms with van der Waals surface area (Å²) in [5.74, 6) is 0.165. The molecule has 0 aromatic heterocycles. The molecular weight excluding hydrogens is 186 g/mol. The number of rotatable bonds is 5. The standard InChI is InChI=1S/C5H9NO3S2/c1-2-9-11(7,8)4-3-10-5-6/h2-4H2,1H3. The van der Waals surface area contributed by atoms with E-state index in [2.05, 4.69) is 4.18 Å². The first kappa shape index (κ1) is 10.8. The van der Waals surface area contributed by atoms with Crippen molar-refractivity contribution in [2.24, 2.45) is 0 Å². The zero-order chi connectivity index (χ0) is 8.74. The van der Waals surface area contributed by atoms with E-state index in [0.29, 0.717) is 0 Å². The molecule has 0 heterocycles. The molecule has 0 aliphatic rings. The van der Waals surface area contributed by atoms with Crippen LogP contribution in [0.15, 0.2) is 0 Å². The fraction of sp³-hybridized carbons (Fsp3) is 0.800. The molecule has 4 nitrogen and oxygen atoms in total. The Labute approximate surface area is 70.7 Å². The molecule has 0 spiro atoms. The fourth-order valence-corrected chi connectivity index (χ4v) is 2.15. The minimum Gasteiger partial charge on any atom is -0.270 e. The van der Waals surface area contributed by atoms with Crippen LogP contribution in [0.5, 0.6) is 0 Å². The zero-order valence-electron chi connectivity index (χ0n) is 6.11.